The molecule has 0 fully saturated rings. The van der Waals surface area contributed by atoms with Crippen molar-refractivity contribution in [2.24, 2.45) is 5.14 Å². The molecule has 0 heterocycles. The molecule has 6 nitrogen and oxygen atoms in total. The van der Waals surface area contributed by atoms with E-state index in [0.29, 0.717) is 5.69 Å². The van der Waals surface area contributed by atoms with Gasteiger partial charge < -0.3 is 10.4 Å². The lowest BCUT2D eigenvalue weighted by atomic mass is 10.1. The Morgan fingerprint density at radius 1 is 1.14 bits per heavy atom. The van der Waals surface area contributed by atoms with Crippen LogP contribution in [-0.2, 0) is 21.2 Å². The fourth-order valence-electron chi connectivity index (χ4n) is 1.76. The van der Waals surface area contributed by atoms with E-state index in [1.54, 1.807) is 18.2 Å². The summed E-state index contributed by atoms with van der Waals surface area (Å²) in [5.41, 5.74) is 1.08. The monoisotopic (exact) mass is 306 g/mol. The minimum absolute atomic E-state index is 0.0649. The predicted octanol–water partition coefficient (Wildman–Crippen LogP) is 1.22. The number of nitrogens with two attached hydrogens (primary N) is 1. The van der Waals surface area contributed by atoms with Crippen molar-refractivity contribution in [1.82, 2.24) is 0 Å². The zero-order valence-electron chi connectivity index (χ0n) is 11.0. The molecule has 0 unspecified atom stereocenters. The number of phenols is 1. The van der Waals surface area contributed by atoms with E-state index < -0.39 is 10.0 Å². The second-order valence-corrected chi connectivity index (χ2v) is 6.03. The largest absolute Gasteiger partial charge is 0.508 e. The molecule has 0 aromatic heterocycles. The number of primary sulfonamides is 1. The van der Waals surface area contributed by atoms with Crippen molar-refractivity contribution < 1.29 is 18.3 Å². The standard InChI is InChI=1S/C14H14N2O4S/c15-21(19,20)13-3-1-2-11(9-13)16-14(18)8-10-4-6-12(17)7-5-10/h1-7,9,17H,8H2,(H,16,18)(H2,15,19,20). The average Bonchev–Trinajstić information content (AvgIpc) is 2.41. The molecule has 0 bridgehead atoms. The Hall–Kier alpha value is -2.38. The Labute approximate surface area is 122 Å². The van der Waals surface area contributed by atoms with Gasteiger partial charge in [0.15, 0.2) is 0 Å². The topological polar surface area (TPSA) is 109 Å². The number of carbonyl (C=O) groups is 1. The molecule has 0 saturated heterocycles. The Balaban J connectivity index is 2.08. The molecule has 2 rings (SSSR count). The van der Waals surface area contributed by atoms with Gasteiger partial charge in [0.2, 0.25) is 15.9 Å². The predicted molar refractivity (Wildman–Crippen MR) is 78.3 cm³/mol. The van der Waals surface area contributed by atoms with E-state index in [4.69, 9.17) is 10.2 Å². The molecule has 0 saturated carbocycles. The van der Waals surface area contributed by atoms with Crippen molar-refractivity contribution in [1.29, 1.82) is 0 Å². The Kier molecular flexibility index (Phi) is 4.25. The van der Waals surface area contributed by atoms with Crippen LogP contribution in [0.3, 0.4) is 0 Å². The van der Waals surface area contributed by atoms with E-state index in [1.807, 2.05) is 0 Å². The molecule has 1 amide bonds. The second-order valence-electron chi connectivity index (χ2n) is 4.46. The number of sulfonamides is 1. The maximum absolute atomic E-state index is 11.9. The lowest BCUT2D eigenvalue weighted by molar-refractivity contribution is -0.115. The van der Waals surface area contributed by atoms with Gasteiger partial charge in [0.05, 0.1) is 11.3 Å². The quantitative estimate of drug-likeness (QED) is 0.789. The minimum Gasteiger partial charge on any atom is -0.508 e. The lowest BCUT2D eigenvalue weighted by Crippen LogP contribution is -2.16. The van der Waals surface area contributed by atoms with Crippen molar-refractivity contribution in [2.45, 2.75) is 11.3 Å². The van der Waals surface area contributed by atoms with Crippen LogP contribution in [0, 0.1) is 0 Å². The number of benzene rings is 2. The van der Waals surface area contributed by atoms with Crippen molar-refractivity contribution in [3.05, 3.63) is 54.1 Å². The fourth-order valence-corrected chi connectivity index (χ4v) is 2.31. The number of aromatic hydroxyl groups is 1. The van der Waals surface area contributed by atoms with Crippen LogP contribution in [0.2, 0.25) is 0 Å². The Morgan fingerprint density at radius 3 is 2.43 bits per heavy atom. The fraction of sp³-hybridized carbons (Fsp3) is 0.0714. The number of phenolic OH excluding ortho intramolecular Hbond substituents is 1. The summed E-state index contributed by atoms with van der Waals surface area (Å²) in [5, 5.41) is 16.8. The van der Waals surface area contributed by atoms with Crippen LogP contribution >= 0.6 is 0 Å². The summed E-state index contributed by atoms with van der Waals surface area (Å²) < 4.78 is 22.5. The zero-order chi connectivity index (χ0) is 15.5. The van der Waals surface area contributed by atoms with E-state index in [0.717, 1.165) is 5.56 Å². The van der Waals surface area contributed by atoms with Crippen LogP contribution in [0.15, 0.2) is 53.4 Å². The van der Waals surface area contributed by atoms with Gasteiger partial charge in [0.1, 0.15) is 5.75 Å². The van der Waals surface area contributed by atoms with Crippen molar-refractivity contribution in [3.63, 3.8) is 0 Å². The molecule has 4 N–H and O–H groups in total. The molecule has 0 aliphatic carbocycles. The molecule has 0 aliphatic heterocycles. The molecule has 2 aromatic carbocycles. The van der Waals surface area contributed by atoms with Gasteiger partial charge in [-0.15, -0.1) is 0 Å². The summed E-state index contributed by atoms with van der Waals surface area (Å²) >= 11 is 0. The van der Waals surface area contributed by atoms with Crippen molar-refractivity contribution in [2.75, 3.05) is 5.32 Å². The van der Waals surface area contributed by atoms with Gasteiger partial charge in [-0.05, 0) is 35.9 Å². The highest BCUT2D eigenvalue weighted by molar-refractivity contribution is 7.89. The van der Waals surface area contributed by atoms with Crippen LogP contribution < -0.4 is 10.5 Å². The normalized spacial score (nSPS) is 11.1. The average molecular weight is 306 g/mol. The molecule has 0 radical (unpaired) electrons. The van der Waals surface area contributed by atoms with Gasteiger partial charge in [0, 0.05) is 5.69 Å². The van der Waals surface area contributed by atoms with E-state index >= 15 is 0 Å². The summed E-state index contributed by atoms with van der Waals surface area (Å²) in [6, 6.07) is 12.0. The molecule has 0 spiro atoms. The first-order valence-corrected chi connectivity index (χ1v) is 7.60. The van der Waals surface area contributed by atoms with E-state index in [9.17, 15) is 13.2 Å². The van der Waals surface area contributed by atoms with Gasteiger partial charge in [-0.25, -0.2) is 13.6 Å². The third kappa shape index (κ3) is 4.30. The number of nitrogens with one attached hydrogen (secondary N) is 1. The third-order valence-corrected chi connectivity index (χ3v) is 3.66. The van der Waals surface area contributed by atoms with Gasteiger partial charge in [-0.2, -0.15) is 0 Å². The van der Waals surface area contributed by atoms with E-state index in [2.05, 4.69) is 5.32 Å². The summed E-state index contributed by atoms with van der Waals surface area (Å²) in [5.74, 6) is -0.174. The molecule has 0 atom stereocenters. The van der Waals surface area contributed by atoms with Crippen LogP contribution in [0.4, 0.5) is 5.69 Å². The van der Waals surface area contributed by atoms with Crippen LogP contribution in [-0.4, -0.2) is 19.4 Å². The van der Waals surface area contributed by atoms with Gasteiger partial charge >= 0.3 is 0 Å². The number of anilines is 1. The molecule has 0 aliphatic rings. The molecular weight excluding hydrogens is 292 g/mol. The maximum Gasteiger partial charge on any atom is 0.238 e. The molecule has 2 aromatic rings. The summed E-state index contributed by atoms with van der Waals surface area (Å²) in [7, 11) is -3.80. The van der Waals surface area contributed by atoms with Crippen LogP contribution in [0.1, 0.15) is 5.56 Å². The molecular formula is C14H14N2O4S. The first kappa shape index (κ1) is 15.0. The van der Waals surface area contributed by atoms with Crippen LogP contribution in [0.5, 0.6) is 5.75 Å². The van der Waals surface area contributed by atoms with Crippen molar-refractivity contribution in [3.8, 4) is 5.75 Å². The van der Waals surface area contributed by atoms with Gasteiger partial charge in [-0.3, -0.25) is 4.79 Å². The number of hydrogen-bond acceptors (Lipinski definition) is 4. The molecule has 7 heteroatoms. The van der Waals surface area contributed by atoms with Gasteiger partial charge in [-0.1, -0.05) is 18.2 Å². The van der Waals surface area contributed by atoms with Crippen LogP contribution in [0.25, 0.3) is 0 Å². The van der Waals surface area contributed by atoms with Gasteiger partial charge in [0.25, 0.3) is 0 Å². The summed E-state index contributed by atoms with van der Waals surface area (Å²) in [6.07, 6.45) is 0.111. The van der Waals surface area contributed by atoms with E-state index in [1.165, 1.54) is 30.3 Å². The molecule has 21 heavy (non-hydrogen) atoms. The highest BCUT2D eigenvalue weighted by Crippen LogP contribution is 2.15. The summed E-state index contributed by atoms with van der Waals surface area (Å²) in [4.78, 5) is 11.8. The molecule has 110 valence electrons. The number of hydrogen-bond donors (Lipinski definition) is 3. The number of rotatable bonds is 4. The Bertz CT molecular complexity index is 755. The maximum atomic E-state index is 11.9. The highest BCUT2D eigenvalue weighted by atomic mass is 32.2. The second kappa shape index (κ2) is 5.94. The number of carbonyl (C=O) groups excluding carboxylic acids is 1. The van der Waals surface area contributed by atoms with E-state index in [-0.39, 0.29) is 23.0 Å². The van der Waals surface area contributed by atoms with Crippen molar-refractivity contribution >= 4 is 21.6 Å². The minimum atomic E-state index is -3.80. The first-order valence-electron chi connectivity index (χ1n) is 6.05. The highest BCUT2D eigenvalue weighted by Gasteiger charge is 2.09. The third-order valence-electron chi connectivity index (χ3n) is 2.75. The first-order chi connectivity index (χ1) is 9.84. The Morgan fingerprint density at radius 2 is 1.81 bits per heavy atom. The number of amides is 1. The summed E-state index contributed by atoms with van der Waals surface area (Å²) in [6.45, 7) is 0. The lowest BCUT2D eigenvalue weighted by Gasteiger charge is -2.07. The smallest absolute Gasteiger partial charge is 0.238 e. The SMILES string of the molecule is NS(=O)(=O)c1cccc(NC(=O)Cc2ccc(O)cc2)c1. The zero-order valence-corrected chi connectivity index (χ0v) is 11.8.